The van der Waals surface area contributed by atoms with Gasteiger partial charge in [0.05, 0.1) is 6.10 Å². The first kappa shape index (κ1) is 9.53. The third kappa shape index (κ3) is 1.62. The van der Waals surface area contributed by atoms with E-state index in [1.807, 2.05) is 19.1 Å². The predicted molar refractivity (Wildman–Crippen MR) is 55.5 cm³/mol. The molecule has 0 saturated heterocycles. The third-order valence-corrected chi connectivity index (χ3v) is 2.69. The van der Waals surface area contributed by atoms with Crippen molar-refractivity contribution < 1.29 is 9.84 Å². The molecule has 2 heteroatoms. The van der Waals surface area contributed by atoms with E-state index < -0.39 is 0 Å². The molecule has 14 heavy (non-hydrogen) atoms. The molecule has 0 fully saturated rings. The molecule has 1 aromatic carbocycles. The van der Waals surface area contributed by atoms with Crippen LogP contribution in [0.1, 0.15) is 37.5 Å². The maximum Gasteiger partial charge on any atom is 0.123 e. The Bertz CT molecular complexity index is 333. The molecule has 2 unspecified atom stereocenters. The van der Waals surface area contributed by atoms with Gasteiger partial charge in [-0.25, -0.2) is 0 Å². The number of aliphatic hydroxyl groups is 1. The van der Waals surface area contributed by atoms with E-state index >= 15 is 0 Å². The first-order valence-corrected chi connectivity index (χ1v) is 5.18. The highest BCUT2D eigenvalue weighted by molar-refractivity contribution is 5.41. The van der Waals surface area contributed by atoms with Gasteiger partial charge in [-0.3, -0.25) is 0 Å². The van der Waals surface area contributed by atoms with Crippen LogP contribution in [-0.2, 0) is 6.42 Å². The summed E-state index contributed by atoms with van der Waals surface area (Å²) in [6, 6.07) is 5.98. The lowest BCUT2D eigenvalue weighted by atomic mass is 10.0. The van der Waals surface area contributed by atoms with Crippen molar-refractivity contribution in [1.82, 2.24) is 0 Å². The van der Waals surface area contributed by atoms with Gasteiger partial charge in [0, 0.05) is 6.42 Å². The standard InChI is InChI=1S/C12H16O2/c1-3-11(13)9-4-5-12-10(7-9)6-8(2)14-12/h4-5,7-8,11,13H,3,6H2,1-2H3. The van der Waals surface area contributed by atoms with Gasteiger partial charge in [0.1, 0.15) is 11.9 Å². The molecular formula is C12H16O2. The second-order valence-electron chi connectivity index (χ2n) is 3.92. The van der Waals surface area contributed by atoms with Gasteiger partial charge in [0.2, 0.25) is 0 Å². The normalized spacial score (nSPS) is 21.5. The second kappa shape index (κ2) is 3.62. The van der Waals surface area contributed by atoms with Crippen LogP contribution in [0.4, 0.5) is 0 Å². The van der Waals surface area contributed by atoms with Crippen LogP contribution < -0.4 is 4.74 Å². The number of fused-ring (bicyclic) bond motifs is 1. The van der Waals surface area contributed by atoms with Crippen LogP contribution in [0.3, 0.4) is 0 Å². The Morgan fingerprint density at radius 3 is 3.07 bits per heavy atom. The molecule has 2 atom stereocenters. The summed E-state index contributed by atoms with van der Waals surface area (Å²) in [6.07, 6.45) is 1.66. The van der Waals surface area contributed by atoms with Crippen molar-refractivity contribution in [1.29, 1.82) is 0 Å². The molecule has 0 bridgehead atoms. The second-order valence-corrected chi connectivity index (χ2v) is 3.92. The Balaban J connectivity index is 2.28. The van der Waals surface area contributed by atoms with E-state index in [-0.39, 0.29) is 12.2 Å². The lowest BCUT2D eigenvalue weighted by Gasteiger charge is -2.09. The van der Waals surface area contributed by atoms with Crippen LogP contribution in [0, 0.1) is 0 Å². The van der Waals surface area contributed by atoms with Crippen molar-refractivity contribution in [2.75, 3.05) is 0 Å². The number of rotatable bonds is 2. The monoisotopic (exact) mass is 192 g/mol. The van der Waals surface area contributed by atoms with Crippen LogP contribution in [-0.4, -0.2) is 11.2 Å². The van der Waals surface area contributed by atoms with Crippen molar-refractivity contribution >= 4 is 0 Å². The first-order valence-electron chi connectivity index (χ1n) is 5.18. The molecule has 1 aliphatic heterocycles. The summed E-state index contributed by atoms with van der Waals surface area (Å²) in [5.74, 6) is 0.976. The van der Waals surface area contributed by atoms with E-state index in [9.17, 15) is 5.11 Å². The fourth-order valence-electron chi connectivity index (χ4n) is 1.88. The van der Waals surface area contributed by atoms with Gasteiger partial charge in [0.25, 0.3) is 0 Å². The van der Waals surface area contributed by atoms with Gasteiger partial charge in [-0.15, -0.1) is 0 Å². The van der Waals surface area contributed by atoms with E-state index in [4.69, 9.17) is 4.74 Å². The minimum absolute atomic E-state index is 0.277. The van der Waals surface area contributed by atoms with E-state index in [2.05, 4.69) is 13.0 Å². The largest absolute Gasteiger partial charge is 0.490 e. The zero-order valence-corrected chi connectivity index (χ0v) is 8.66. The topological polar surface area (TPSA) is 29.5 Å². The molecule has 0 aromatic heterocycles. The van der Waals surface area contributed by atoms with E-state index in [0.717, 1.165) is 24.2 Å². The Kier molecular flexibility index (Phi) is 2.46. The number of benzene rings is 1. The van der Waals surface area contributed by atoms with Gasteiger partial charge >= 0.3 is 0 Å². The molecule has 1 aromatic rings. The summed E-state index contributed by atoms with van der Waals surface area (Å²) in [5, 5.41) is 9.69. The fraction of sp³-hybridized carbons (Fsp3) is 0.500. The molecule has 0 amide bonds. The zero-order chi connectivity index (χ0) is 10.1. The van der Waals surface area contributed by atoms with Gasteiger partial charge < -0.3 is 9.84 Å². The molecular weight excluding hydrogens is 176 g/mol. The van der Waals surface area contributed by atoms with E-state index in [0.29, 0.717) is 0 Å². The first-order chi connectivity index (χ1) is 6.70. The van der Waals surface area contributed by atoms with Crippen molar-refractivity contribution in [2.24, 2.45) is 0 Å². The minimum atomic E-state index is -0.337. The Labute approximate surface area is 84.5 Å². The highest BCUT2D eigenvalue weighted by Crippen LogP contribution is 2.31. The summed E-state index contributed by atoms with van der Waals surface area (Å²) in [5.41, 5.74) is 2.23. The lowest BCUT2D eigenvalue weighted by molar-refractivity contribution is 0.173. The molecule has 76 valence electrons. The molecule has 1 heterocycles. The molecule has 0 saturated carbocycles. The van der Waals surface area contributed by atoms with Crippen LogP contribution >= 0.6 is 0 Å². The number of aliphatic hydroxyl groups excluding tert-OH is 1. The van der Waals surface area contributed by atoms with E-state index in [1.165, 1.54) is 5.56 Å². The maximum absolute atomic E-state index is 9.69. The molecule has 2 rings (SSSR count). The maximum atomic E-state index is 9.69. The summed E-state index contributed by atoms with van der Waals surface area (Å²) in [7, 11) is 0. The molecule has 0 aliphatic carbocycles. The minimum Gasteiger partial charge on any atom is -0.490 e. The number of hydrogen-bond donors (Lipinski definition) is 1. The van der Waals surface area contributed by atoms with Gasteiger partial charge in [-0.05, 0) is 36.6 Å². The summed E-state index contributed by atoms with van der Waals surface area (Å²) >= 11 is 0. The number of hydrogen-bond acceptors (Lipinski definition) is 2. The van der Waals surface area contributed by atoms with Gasteiger partial charge in [-0.1, -0.05) is 13.0 Å². The molecule has 0 radical (unpaired) electrons. The van der Waals surface area contributed by atoms with Crippen LogP contribution in [0.25, 0.3) is 0 Å². The summed E-state index contributed by atoms with van der Waals surface area (Å²) in [6.45, 7) is 4.05. The quantitative estimate of drug-likeness (QED) is 0.780. The average Bonchev–Trinajstić information content (AvgIpc) is 2.55. The molecule has 2 nitrogen and oxygen atoms in total. The summed E-state index contributed by atoms with van der Waals surface area (Å²) in [4.78, 5) is 0. The zero-order valence-electron chi connectivity index (χ0n) is 8.66. The Morgan fingerprint density at radius 1 is 1.57 bits per heavy atom. The lowest BCUT2D eigenvalue weighted by Crippen LogP contribution is -2.05. The van der Waals surface area contributed by atoms with Crippen LogP contribution in [0.15, 0.2) is 18.2 Å². The van der Waals surface area contributed by atoms with E-state index in [1.54, 1.807) is 0 Å². The Morgan fingerprint density at radius 2 is 2.36 bits per heavy atom. The number of ether oxygens (including phenoxy) is 1. The van der Waals surface area contributed by atoms with Gasteiger partial charge in [0.15, 0.2) is 0 Å². The third-order valence-electron chi connectivity index (χ3n) is 2.69. The Hall–Kier alpha value is -1.02. The van der Waals surface area contributed by atoms with Crippen LogP contribution in [0.5, 0.6) is 5.75 Å². The molecule has 1 aliphatic rings. The van der Waals surface area contributed by atoms with Crippen molar-refractivity contribution in [3.8, 4) is 5.75 Å². The molecule has 1 N–H and O–H groups in total. The van der Waals surface area contributed by atoms with Crippen molar-refractivity contribution in [3.63, 3.8) is 0 Å². The van der Waals surface area contributed by atoms with Crippen LogP contribution in [0.2, 0.25) is 0 Å². The SMILES string of the molecule is CCC(O)c1ccc2c(c1)CC(C)O2. The average molecular weight is 192 g/mol. The smallest absolute Gasteiger partial charge is 0.123 e. The van der Waals surface area contributed by atoms with Gasteiger partial charge in [-0.2, -0.15) is 0 Å². The fourth-order valence-corrected chi connectivity index (χ4v) is 1.88. The highest BCUT2D eigenvalue weighted by Gasteiger charge is 2.19. The van der Waals surface area contributed by atoms with Crippen molar-refractivity contribution in [2.45, 2.75) is 38.9 Å². The van der Waals surface area contributed by atoms with Crippen molar-refractivity contribution in [3.05, 3.63) is 29.3 Å². The molecule has 0 spiro atoms. The highest BCUT2D eigenvalue weighted by atomic mass is 16.5. The summed E-state index contributed by atoms with van der Waals surface area (Å²) < 4.78 is 5.59. The predicted octanol–water partition coefficient (Wildman–Crippen LogP) is 2.45.